The lowest BCUT2D eigenvalue weighted by atomic mass is 10.1. The Balaban J connectivity index is 1.75. The van der Waals surface area contributed by atoms with Crippen LogP contribution in [-0.2, 0) is 14.3 Å². The van der Waals surface area contributed by atoms with Gasteiger partial charge in [0.1, 0.15) is 0 Å². The molecule has 2 N–H and O–H groups in total. The molecule has 0 aromatic heterocycles. The van der Waals surface area contributed by atoms with E-state index in [4.69, 9.17) is 4.74 Å². The van der Waals surface area contributed by atoms with Gasteiger partial charge in [-0.3, -0.25) is 19.2 Å². The highest BCUT2D eigenvalue weighted by Gasteiger charge is 2.16. The Hall–Kier alpha value is -3.68. The molecule has 1 atom stereocenters. The number of hydrogen-bond donors (Lipinski definition) is 2. The predicted octanol–water partition coefficient (Wildman–Crippen LogP) is 2.86. The van der Waals surface area contributed by atoms with Crippen LogP contribution >= 0.6 is 0 Å². The van der Waals surface area contributed by atoms with E-state index < -0.39 is 24.5 Å². The Morgan fingerprint density at radius 3 is 2.12 bits per heavy atom. The van der Waals surface area contributed by atoms with Crippen LogP contribution in [0.5, 0.6) is 0 Å². The molecule has 0 fully saturated rings. The molecular formula is C24H29N3O5. The minimum atomic E-state index is -0.596. The van der Waals surface area contributed by atoms with Crippen LogP contribution in [0.15, 0.2) is 54.6 Å². The molecule has 8 heteroatoms. The lowest BCUT2D eigenvalue weighted by molar-refractivity contribution is -0.147. The van der Waals surface area contributed by atoms with E-state index in [0.717, 1.165) is 0 Å². The topological polar surface area (TPSA) is 105 Å². The molecule has 0 radical (unpaired) electrons. The van der Waals surface area contributed by atoms with Gasteiger partial charge in [-0.05, 0) is 57.2 Å². The monoisotopic (exact) mass is 439 g/mol. The number of esters is 1. The number of hydrogen-bond acceptors (Lipinski definition) is 5. The number of carbonyl (C=O) groups is 4. The number of rotatable bonds is 10. The molecule has 32 heavy (non-hydrogen) atoms. The van der Waals surface area contributed by atoms with E-state index in [1.807, 2.05) is 19.9 Å². The fourth-order valence-corrected chi connectivity index (χ4v) is 2.99. The summed E-state index contributed by atoms with van der Waals surface area (Å²) in [5.41, 5.74) is 1.52. The molecular weight excluding hydrogens is 410 g/mol. The molecule has 0 saturated heterocycles. The minimum Gasteiger partial charge on any atom is -0.455 e. The standard InChI is InChI=1S/C24H29N3O5/c1-4-27(5-2)24(31)19-11-13-20(14-12-19)26-21(28)16-32-22(29)15-17(3)25-23(30)18-9-7-6-8-10-18/h6-14,17H,4-5,15-16H2,1-3H3,(H,25,30)(H,26,28). The van der Waals surface area contributed by atoms with Gasteiger partial charge in [0, 0.05) is 35.9 Å². The second kappa shape index (κ2) is 12.2. The summed E-state index contributed by atoms with van der Waals surface area (Å²) in [7, 11) is 0. The zero-order chi connectivity index (χ0) is 23.5. The third-order valence-electron chi connectivity index (χ3n) is 4.72. The molecule has 0 bridgehead atoms. The summed E-state index contributed by atoms with van der Waals surface area (Å²) in [4.78, 5) is 50.1. The minimum absolute atomic E-state index is 0.0615. The second-order valence-electron chi connectivity index (χ2n) is 7.21. The van der Waals surface area contributed by atoms with Gasteiger partial charge < -0.3 is 20.3 Å². The van der Waals surface area contributed by atoms with Gasteiger partial charge >= 0.3 is 5.97 Å². The Bertz CT molecular complexity index is 924. The quantitative estimate of drug-likeness (QED) is 0.554. The zero-order valence-electron chi connectivity index (χ0n) is 18.6. The normalized spacial score (nSPS) is 11.2. The first-order valence-corrected chi connectivity index (χ1v) is 10.5. The summed E-state index contributed by atoms with van der Waals surface area (Å²) < 4.78 is 4.99. The van der Waals surface area contributed by atoms with E-state index in [1.165, 1.54) is 0 Å². The summed E-state index contributed by atoms with van der Waals surface area (Å²) in [5.74, 6) is -1.45. The Labute approximate surface area is 187 Å². The molecule has 0 heterocycles. The van der Waals surface area contributed by atoms with Crippen molar-refractivity contribution in [1.82, 2.24) is 10.2 Å². The van der Waals surface area contributed by atoms with Crippen LogP contribution in [0.3, 0.4) is 0 Å². The van der Waals surface area contributed by atoms with Crippen LogP contribution in [0.2, 0.25) is 0 Å². The van der Waals surface area contributed by atoms with E-state index in [1.54, 1.807) is 60.4 Å². The van der Waals surface area contributed by atoms with Crippen molar-refractivity contribution in [3.05, 3.63) is 65.7 Å². The zero-order valence-corrected chi connectivity index (χ0v) is 18.6. The average molecular weight is 440 g/mol. The van der Waals surface area contributed by atoms with Crippen molar-refractivity contribution in [1.29, 1.82) is 0 Å². The highest BCUT2D eigenvalue weighted by Crippen LogP contribution is 2.12. The molecule has 3 amide bonds. The Morgan fingerprint density at radius 2 is 1.53 bits per heavy atom. The van der Waals surface area contributed by atoms with Crippen molar-refractivity contribution < 1.29 is 23.9 Å². The van der Waals surface area contributed by atoms with Gasteiger partial charge in [0.2, 0.25) is 0 Å². The molecule has 170 valence electrons. The molecule has 2 rings (SSSR count). The van der Waals surface area contributed by atoms with E-state index in [-0.39, 0.29) is 18.2 Å². The van der Waals surface area contributed by atoms with Gasteiger partial charge in [-0.2, -0.15) is 0 Å². The van der Waals surface area contributed by atoms with Crippen LogP contribution < -0.4 is 10.6 Å². The van der Waals surface area contributed by atoms with Gasteiger partial charge in [0.05, 0.1) is 6.42 Å². The van der Waals surface area contributed by atoms with Crippen molar-refractivity contribution in [2.24, 2.45) is 0 Å². The van der Waals surface area contributed by atoms with Crippen molar-refractivity contribution in [2.45, 2.75) is 33.2 Å². The summed E-state index contributed by atoms with van der Waals surface area (Å²) in [6, 6.07) is 14.7. The number of benzene rings is 2. The summed E-state index contributed by atoms with van der Waals surface area (Å²) >= 11 is 0. The first kappa shape index (κ1) is 24.6. The van der Waals surface area contributed by atoms with Crippen LogP contribution in [0.1, 0.15) is 47.9 Å². The van der Waals surface area contributed by atoms with Crippen molar-refractivity contribution in [3.8, 4) is 0 Å². The summed E-state index contributed by atoms with van der Waals surface area (Å²) in [5, 5.41) is 5.33. The molecule has 0 aliphatic rings. The molecule has 2 aromatic rings. The van der Waals surface area contributed by atoms with Crippen LogP contribution in [-0.4, -0.2) is 54.3 Å². The first-order chi connectivity index (χ1) is 15.3. The number of nitrogens with zero attached hydrogens (tertiary/aromatic N) is 1. The van der Waals surface area contributed by atoms with Crippen molar-refractivity contribution in [2.75, 3.05) is 25.0 Å². The number of amides is 3. The maximum atomic E-state index is 12.3. The second-order valence-corrected chi connectivity index (χ2v) is 7.21. The van der Waals surface area contributed by atoms with Gasteiger partial charge in [0.25, 0.3) is 17.7 Å². The maximum Gasteiger partial charge on any atom is 0.308 e. The maximum absolute atomic E-state index is 12.3. The lowest BCUT2D eigenvalue weighted by Crippen LogP contribution is -2.35. The molecule has 2 aromatic carbocycles. The molecule has 8 nitrogen and oxygen atoms in total. The molecule has 0 spiro atoms. The Morgan fingerprint density at radius 1 is 0.906 bits per heavy atom. The predicted molar refractivity (Wildman–Crippen MR) is 121 cm³/mol. The number of nitrogens with one attached hydrogen (secondary N) is 2. The van der Waals surface area contributed by atoms with E-state index >= 15 is 0 Å². The van der Waals surface area contributed by atoms with Crippen molar-refractivity contribution >= 4 is 29.4 Å². The van der Waals surface area contributed by atoms with E-state index in [2.05, 4.69) is 10.6 Å². The fraction of sp³-hybridized carbons (Fsp3) is 0.333. The van der Waals surface area contributed by atoms with Crippen LogP contribution in [0.25, 0.3) is 0 Å². The van der Waals surface area contributed by atoms with Gasteiger partial charge in [-0.1, -0.05) is 18.2 Å². The smallest absolute Gasteiger partial charge is 0.308 e. The SMILES string of the molecule is CCN(CC)C(=O)c1ccc(NC(=O)COC(=O)CC(C)NC(=O)c2ccccc2)cc1. The fourth-order valence-electron chi connectivity index (χ4n) is 2.99. The number of carbonyl (C=O) groups excluding carboxylic acids is 4. The highest BCUT2D eigenvalue weighted by molar-refractivity contribution is 5.96. The molecule has 1 unspecified atom stereocenters. The third kappa shape index (κ3) is 7.54. The van der Waals surface area contributed by atoms with Gasteiger partial charge in [-0.15, -0.1) is 0 Å². The van der Waals surface area contributed by atoms with E-state index in [9.17, 15) is 19.2 Å². The van der Waals surface area contributed by atoms with Crippen LogP contribution in [0, 0.1) is 0 Å². The number of ether oxygens (including phenoxy) is 1. The molecule has 0 saturated carbocycles. The summed E-state index contributed by atoms with van der Waals surface area (Å²) in [6.07, 6.45) is -0.0615. The first-order valence-electron chi connectivity index (χ1n) is 10.5. The van der Waals surface area contributed by atoms with E-state index in [0.29, 0.717) is 29.9 Å². The summed E-state index contributed by atoms with van der Waals surface area (Å²) in [6.45, 7) is 6.30. The molecule has 0 aliphatic heterocycles. The van der Waals surface area contributed by atoms with Gasteiger partial charge in [-0.25, -0.2) is 0 Å². The van der Waals surface area contributed by atoms with Gasteiger partial charge in [0.15, 0.2) is 6.61 Å². The lowest BCUT2D eigenvalue weighted by Gasteiger charge is -2.18. The average Bonchev–Trinajstić information content (AvgIpc) is 2.79. The largest absolute Gasteiger partial charge is 0.455 e. The van der Waals surface area contributed by atoms with Crippen molar-refractivity contribution in [3.63, 3.8) is 0 Å². The Kier molecular flexibility index (Phi) is 9.41. The number of anilines is 1. The highest BCUT2D eigenvalue weighted by atomic mass is 16.5. The molecule has 0 aliphatic carbocycles. The van der Waals surface area contributed by atoms with Crippen LogP contribution in [0.4, 0.5) is 5.69 Å². The third-order valence-corrected chi connectivity index (χ3v) is 4.72.